The molecule has 0 aliphatic rings. The van der Waals surface area contributed by atoms with Gasteiger partial charge in [0.05, 0.1) is 22.2 Å². The number of nitro benzene ring substituents is 1. The number of carboxylic acid groups (broad SMARTS) is 1. The van der Waals surface area contributed by atoms with Gasteiger partial charge in [-0.3, -0.25) is 14.8 Å². The molecule has 0 saturated heterocycles. The lowest BCUT2D eigenvalue weighted by Gasteiger charge is -2.08. The van der Waals surface area contributed by atoms with Gasteiger partial charge in [0, 0.05) is 12.1 Å². The lowest BCUT2D eigenvalue weighted by Crippen LogP contribution is -2.17. The molecule has 19 heavy (non-hydrogen) atoms. The maximum Gasteiger partial charge on any atom is 0.337 e. The second-order valence-electron chi connectivity index (χ2n) is 3.31. The van der Waals surface area contributed by atoms with E-state index in [1.807, 2.05) is 4.72 Å². The van der Waals surface area contributed by atoms with Gasteiger partial charge in [0.2, 0.25) is 10.0 Å². The molecule has 2 N–H and O–H groups in total. The lowest BCUT2D eigenvalue weighted by atomic mass is 10.1. The van der Waals surface area contributed by atoms with E-state index in [1.165, 1.54) is 6.07 Å². The number of hydrogen-bond donors (Lipinski definition) is 2. The molecule has 0 amide bonds. The van der Waals surface area contributed by atoms with Gasteiger partial charge in [-0.1, -0.05) is 0 Å². The topological polar surface area (TPSA) is 150 Å². The first-order valence-corrected chi connectivity index (χ1v) is 6.31. The predicted octanol–water partition coefficient (Wildman–Crippen LogP) is 0.558. The molecule has 0 heterocycles. The van der Waals surface area contributed by atoms with Crippen LogP contribution in [0.25, 0.3) is 0 Å². The summed E-state index contributed by atoms with van der Waals surface area (Å²) in [5, 5.41) is 27.7. The number of benzene rings is 1. The highest BCUT2D eigenvalue weighted by molar-refractivity contribution is 7.92. The van der Waals surface area contributed by atoms with E-state index in [0.717, 1.165) is 18.2 Å². The largest absolute Gasteiger partial charge is 0.478 e. The highest BCUT2D eigenvalue weighted by Gasteiger charge is 2.19. The second kappa shape index (κ2) is 5.32. The molecule has 0 fully saturated rings. The van der Waals surface area contributed by atoms with Crippen molar-refractivity contribution in [2.75, 3.05) is 10.5 Å². The molecule has 0 atom stereocenters. The van der Waals surface area contributed by atoms with Gasteiger partial charge in [-0.2, -0.15) is 5.26 Å². The van der Waals surface area contributed by atoms with Gasteiger partial charge in [-0.05, 0) is 6.07 Å². The fourth-order valence-electron chi connectivity index (χ4n) is 1.21. The fraction of sp³-hybridized carbons (Fsp3) is 0.111. The van der Waals surface area contributed by atoms with E-state index < -0.39 is 43.6 Å². The molecule has 0 saturated carbocycles. The van der Waals surface area contributed by atoms with E-state index >= 15 is 0 Å². The maximum atomic E-state index is 11.4. The summed E-state index contributed by atoms with van der Waals surface area (Å²) in [6.45, 7) is 0. The number of hydrogen-bond acceptors (Lipinski definition) is 6. The molecule has 1 aromatic rings. The number of sulfonamides is 1. The van der Waals surface area contributed by atoms with Crippen molar-refractivity contribution in [3.63, 3.8) is 0 Å². The third-order valence-electron chi connectivity index (χ3n) is 1.96. The third kappa shape index (κ3) is 3.65. The summed E-state index contributed by atoms with van der Waals surface area (Å²) in [6, 6.07) is 4.00. The van der Waals surface area contributed by atoms with Crippen LogP contribution in [0.2, 0.25) is 0 Å². The number of aromatic carboxylic acids is 1. The van der Waals surface area contributed by atoms with Crippen LogP contribution < -0.4 is 4.72 Å². The van der Waals surface area contributed by atoms with Crippen LogP contribution in [0.15, 0.2) is 18.2 Å². The Morgan fingerprint density at radius 2 is 2.16 bits per heavy atom. The molecule has 1 rings (SSSR count). The van der Waals surface area contributed by atoms with Crippen LogP contribution in [0.1, 0.15) is 10.4 Å². The van der Waals surface area contributed by atoms with E-state index in [-0.39, 0.29) is 0 Å². The van der Waals surface area contributed by atoms with Gasteiger partial charge in [-0.25, -0.2) is 13.2 Å². The molecule has 9 nitrogen and oxygen atoms in total. The molecule has 0 aromatic heterocycles. The van der Waals surface area contributed by atoms with E-state index in [4.69, 9.17) is 10.4 Å². The molecule has 100 valence electrons. The molecular formula is C9H7N3O6S. The number of nitrogens with zero attached hydrogens (tertiary/aromatic N) is 2. The zero-order chi connectivity index (χ0) is 14.6. The Labute approximate surface area is 107 Å². The summed E-state index contributed by atoms with van der Waals surface area (Å²) >= 11 is 0. The standard InChI is InChI=1S/C9H7N3O6S/c10-3-4-19(17,18)11-8-5-6(12(15)16)1-2-7(8)9(13)14/h1-2,5,11H,4H2,(H,13,14). The first-order valence-electron chi connectivity index (χ1n) is 4.66. The Balaban J connectivity index is 3.31. The van der Waals surface area contributed by atoms with Crippen molar-refractivity contribution in [1.29, 1.82) is 5.26 Å². The molecule has 0 aliphatic heterocycles. The Morgan fingerprint density at radius 3 is 2.63 bits per heavy atom. The number of nitriles is 1. The van der Waals surface area contributed by atoms with Crippen LogP contribution in [0.4, 0.5) is 11.4 Å². The summed E-state index contributed by atoms with van der Waals surface area (Å²) in [5.41, 5.74) is -1.39. The van der Waals surface area contributed by atoms with E-state index in [0.29, 0.717) is 0 Å². The lowest BCUT2D eigenvalue weighted by molar-refractivity contribution is -0.384. The van der Waals surface area contributed by atoms with Crippen molar-refractivity contribution in [1.82, 2.24) is 0 Å². The van der Waals surface area contributed by atoms with Crippen LogP contribution in [-0.2, 0) is 10.0 Å². The van der Waals surface area contributed by atoms with Crippen molar-refractivity contribution in [3.8, 4) is 6.07 Å². The van der Waals surface area contributed by atoms with Crippen molar-refractivity contribution >= 4 is 27.4 Å². The Kier molecular flexibility index (Phi) is 4.03. The zero-order valence-corrected chi connectivity index (χ0v) is 10.0. The number of nitrogens with one attached hydrogen (secondary N) is 1. The number of anilines is 1. The predicted molar refractivity (Wildman–Crippen MR) is 63.1 cm³/mol. The minimum absolute atomic E-state index is 0.452. The van der Waals surface area contributed by atoms with E-state index in [2.05, 4.69) is 0 Å². The van der Waals surface area contributed by atoms with Crippen molar-refractivity contribution in [3.05, 3.63) is 33.9 Å². The molecule has 0 radical (unpaired) electrons. The summed E-state index contributed by atoms with van der Waals surface area (Å²) in [7, 11) is -4.08. The molecular weight excluding hydrogens is 278 g/mol. The minimum Gasteiger partial charge on any atom is -0.478 e. The second-order valence-corrected chi connectivity index (χ2v) is 5.03. The number of rotatable bonds is 5. The summed E-state index contributed by atoms with van der Waals surface area (Å²) in [5.74, 6) is -2.35. The SMILES string of the molecule is N#CCS(=O)(=O)Nc1cc([N+](=O)[O-])ccc1C(=O)O. The summed E-state index contributed by atoms with van der Waals surface area (Å²) in [4.78, 5) is 20.6. The Hall–Kier alpha value is -2.67. The first-order chi connectivity index (χ1) is 8.76. The minimum atomic E-state index is -4.08. The normalized spacial score (nSPS) is 10.5. The van der Waals surface area contributed by atoms with Gasteiger partial charge >= 0.3 is 5.97 Å². The van der Waals surface area contributed by atoms with E-state index in [9.17, 15) is 23.3 Å². The number of nitro groups is 1. The molecule has 0 unspecified atom stereocenters. The van der Waals surface area contributed by atoms with Gasteiger partial charge < -0.3 is 5.11 Å². The van der Waals surface area contributed by atoms with Crippen LogP contribution >= 0.6 is 0 Å². The zero-order valence-electron chi connectivity index (χ0n) is 9.23. The number of non-ortho nitro benzene ring substituents is 1. The summed E-state index contributed by atoms with van der Waals surface area (Å²) in [6.07, 6.45) is 0. The van der Waals surface area contributed by atoms with E-state index in [1.54, 1.807) is 0 Å². The maximum absolute atomic E-state index is 11.4. The molecule has 0 spiro atoms. The monoisotopic (exact) mass is 285 g/mol. The Morgan fingerprint density at radius 1 is 1.53 bits per heavy atom. The number of carbonyl (C=O) groups is 1. The molecule has 1 aromatic carbocycles. The van der Waals surface area contributed by atoms with Gasteiger partial charge in [0.15, 0.2) is 5.75 Å². The average molecular weight is 285 g/mol. The summed E-state index contributed by atoms with van der Waals surface area (Å²) < 4.78 is 24.5. The number of carboxylic acids is 1. The Bertz CT molecular complexity index is 676. The quantitative estimate of drug-likeness (QED) is 0.592. The van der Waals surface area contributed by atoms with Crippen LogP contribution in [-0.4, -0.2) is 30.2 Å². The fourth-order valence-corrected chi connectivity index (χ4v) is 1.95. The first kappa shape index (κ1) is 14.4. The van der Waals surface area contributed by atoms with Gasteiger partial charge in [0.1, 0.15) is 0 Å². The van der Waals surface area contributed by atoms with Gasteiger partial charge in [-0.15, -0.1) is 0 Å². The average Bonchev–Trinajstić information content (AvgIpc) is 2.27. The van der Waals surface area contributed by atoms with Crippen LogP contribution in [0.3, 0.4) is 0 Å². The van der Waals surface area contributed by atoms with Crippen LogP contribution in [0, 0.1) is 21.4 Å². The highest BCUT2D eigenvalue weighted by Crippen LogP contribution is 2.23. The van der Waals surface area contributed by atoms with Gasteiger partial charge in [0.25, 0.3) is 5.69 Å². The van der Waals surface area contributed by atoms with Crippen LogP contribution in [0.5, 0.6) is 0 Å². The smallest absolute Gasteiger partial charge is 0.337 e. The molecule has 10 heteroatoms. The molecule has 0 aliphatic carbocycles. The van der Waals surface area contributed by atoms with Crippen molar-refractivity contribution in [2.45, 2.75) is 0 Å². The van der Waals surface area contributed by atoms with Crippen molar-refractivity contribution < 1.29 is 23.2 Å². The highest BCUT2D eigenvalue weighted by atomic mass is 32.2. The third-order valence-corrected chi connectivity index (χ3v) is 3.00. The van der Waals surface area contributed by atoms with Crippen molar-refractivity contribution in [2.24, 2.45) is 0 Å². The molecule has 0 bridgehead atoms.